The van der Waals surface area contributed by atoms with Gasteiger partial charge in [0.2, 0.25) is 5.62 Å². The minimum atomic E-state index is -0.729. The average molecular weight is 429 g/mol. The van der Waals surface area contributed by atoms with Gasteiger partial charge < -0.3 is 18.6 Å². The molecule has 162 valence electrons. The molecule has 0 N–H and O–H groups in total. The topological polar surface area (TPSA) is 74.8 Å². The van der Waals surface area contributed by atoms with Gasteiger partial charge in [0.25, 0.3) is 0 Å². The third-order valence-corrected chi connectivity index (χ3v) is 5.21. The molecule has 7 nitrogen and oxygen atoms in total. The molecule has 0 saturated heterocycles. The number of fused-ring (bicyclic) bond motifs is 1. The SMILES string of the molecule is COC(=O)/N=c1/n(CC(=O)c2ccc(OC)cc2)c2ccccc2n1Cc1ccccc1. The third kappa shape index (κ3) is 4.32. The fourth-order valence-corrected chi connectivity index (χ4v) is 3.62. The number of hydrogen-bond donors (Lipinski definition) is 0. The van der Waals surface area contributed by atoms with Gasteiger partial charge in [-0.1, -0.05) is 42.5 Å². The summed E-state index contributed by atoms with van der Waals surface area (Å²) in [4.78, 5) is 29.4. The predicted octanol–water partition coefficient (Wildman–Crippen LogP) is 4.05. The van der Waals surface area contributed by atoms with Gasteiger partial charge >= 0.3 is 6.09 Å². The zero-order valence-corrected chi connectivity index (χ0v) is 17.9. The van der Waals surface area contributed by atoms with Crippen molar-refractivity contribution in [3.63, 3.8) is 0 Å². The zero-order valence-electron chi connectivity index (χ0n) is 17.9. The summed E-state index contributed by atoms with van der Waals surface area (Å²) in [5, 5.41) is 0. The van der Waals surface area contributed by atoms with Crippen LogP contribution >= 0.6 is 0 Å². The molecule has 0 aliphatic rings. The summed E-state index contributed by atoms with van der Waals surface area (Å²) < 4.78 is 13.6. The highest BCUT2D eigenvalue weighted by atomic mass is 16.5. The van der Waals surface area contributed by atoms with Crippen LogP contribution in [-0.2, 0) is 17.8 Å². The number of nitrogens with zero attached hydrogens (tertiary/aromatic N) is 3. The number of ketones is 1. The fraction of sp³-hybridized carbons (Fsp3) is 0.160. The smallest absolute Gasteiger partial charge is 0.436 e. The van der Waals surface area contributed by atoms with E-state index in [0.717, 1.165) is 16.6 Å². The van der Waals surface area contributed by atoms with E-state index in [2.05, 4.69) is 4.99 Å². The van der Waals surface area contributed by atoms with E-state index in [9.17, 15) is 9.59 Å². The van der Waals surface area contributed by atoms with E-state index in [0.29, 0.717) is 23.5 Å². The minimum absolute atomic E-state index is 0.0183. The van der Waals surface area contributed by atoms with Crippen LogP contribution in [0.2, 0.25) is 0 Å². The van der Waals surface area contributed by atoms with Gasteiger partial charge in [-0.2, -0.15) is 0 Å². The van der Waals surface area contributed by atoms with Gasteiger partial charge in [-0.3, -0.25) is 4.79 Å². The number of methoxy groups -OCH3 is 2. The van der Waals surface area contributed by atoms with Crippen molar-refractivity contribution >= 4 is 22.9 Å². The molecule has 32 heavy (non-hydrogen) atoms. The molecule has 0 unspecified atom stereocenters. The van der Waals surface area contributed by atoms with Crippen molar-refractivity contribution in [2.75, 3.05) is 14.2 Å². The summed E-state index contributed by atoms with van der Waals surface area (Å²) in [5.41, 5.74) is 3.60. The van der Waals surface area contributed by atoms with E-state index in [1.165, 1.54) is 7.11 Å². The molecule has 4 rings (SSSR count). The second kappa shape index (κ2) is 9.34. The number of benzene rings is 3. The molecule has 0 aliphatic carbocycles. The monoisotopic (exact) mass is 429 g/mol. The summed E-state index contributed by atoms with van der Waals surface area (Å²) in [6.07, 6.45) is -0.729. The highest BCUT2D eigenvalue weighted by molar-refractivity contribution is 5.96. The van der Waals surface area contributed by atoms with Gasteiger partial charge in [0.15, 0.2) is 5.78 Å². The number of Topliss-reactive ketones (excluding diaryl/α,β-unsaturated/α-hetero) is 1. The molecule has 0 aliphatic heterocycles. The average Bonchev–Trinajstić information content (AvgIpc) is 3.11. The molecule has 0 bridgehead atoms. The molecule has 0 saturated carbocycles. The summed E-state index contributed by atoms with van der Waals surface area (Å²) in [6, 6.07) is 24.5. The first-order valence-corrected chi connectivity index (χ1v) is 10.1. The van der Waals surface area contributed by atoms with Crippen molar-refractivity contribution in [3.8, 4) is 5.75 Å². The van der Waals surface area contributed by atoms with E-state index in [-0.39, 0.29) is 12.3 Å². The number of carbonyl (C=O) groups excluding carboxylic acids is 2. The van der Waals surface area contributed by atoms with E-state index in [1.54, 1.807) is 35.9 Å². The van der Waals surface area contributed by atoms with Crippen molar-refractivity contribution in [2.24, 2.45) is 4.99 Å². The minimum Gasteiger partial charge on any atom is -0.497 e. The molecule has 0 radical (unpaired) electrons. The van der Waals surface area contributed by atoms with Gasteiger partial charge in [0.1, 0.15) is 5.75 Å². The maximum atomic E-state index is 13.1. The Labute approximate surface area is 185 Å². The highest BCUT2D eigenvalue weighted by Crippen LogP contribution is 2.17. The Kier molecular flexibility index (Phi) is 6.17. The Bertz CT molecular complexity index is 1320. The van der Waals surface area contributed by atoms with Crippen LogP contribution in [-0.4, -0.2) is 35.2 Å². The molecule has 1 amide bonds. The van der Waals surface area contributed by atoms with Crippen LogP contribution in [0.5, 0.6) is 5.75 Å². The number of amides is 1. The first-order valence-electron chi connectivity index (χ1n) is 10.1. The Morgan fingerprint density at radius 2 is 1.44 bits per heavy atom. The Balaban J connectivity index is 1.85. The predicted molar refractivity (Wildman–Crippen MR) is 121 cm³/mol. The van der Waals surface area contributed by atoms with E-state index >= 15 is 0 Å². The van der Waals surface area contributed by atoms with Crippen LogP contribution in [0.4, 0.5) is 4.79 Å². The molecule has 3 aromatic carbocycles. The molecular weight excluding hydrogens is 406 g/mol. The highest BCUT2D eigenvalue weighted by Gasteiger charge is 2.17. The standard InChI is InChI=1S/C25H23N3O4/c1-31-20-14-12-19(13-15-20)23(29)17-28-22-11-7-6-10-21(22)27(24(28)26-25(30)32-2)16-18-8-4-3-5-9-18/h3-15H,16-17H2,1-2H3/b26-24+. The van der Waals surface area contributed by atoms with Crippen molar-refractivity contribution in [1.29, 1.82) is 0 Å². The maximum Gasteiger partial charge on any atom is 0.436 e. The second-order valence-electron chi connectivity index (χ2n) is 7.18. The summed E-state index contributed by atoms with van der Waals surface area (Å²) in [7, 11) is 2.86. The molecule has 0 spiro atoms. The van der Waals surface area contributed by atoms with Crippen molar-refractivity contribution in [1.82, 2.24) is 9.13 Å². The van der Waals surface area contributed by atoms with Gasteiger partial charge in [-0.15, -0.1) is 4.99 Å². The maximum absolute atomic E-state index is 13.1. The lowest BCUT2D eigenvalue weighted by Gasteiger charge is -2.07. The quantitative estimate of drug-likeness (QED) is 0.434. The molecule has 0 atom stereocenters. The Morgan fingerprint density at radius 3 is 2.06 bits per heavy atom. The lowest BCUT2D eigenvalue weighted by atomic mass is 10.1. The number of rotatable bonds is 6. The van der Waals surface area contributed by atoms with Crippen molar-refractivity contribution < 1.29 is 19.1 Å². The summed E-state index contributed by atoms with van der Waals surface area (Å²) in [5.74, 6) is 0.566. The van der Waals surface area contributed by atoms with Crippen LogP contribution in [0.1, 0.15) is 15.9 Å². The number of para-hydroxylation sites is 2. The Hall–Kier alpha value is -4.13. The molecular formula is C25H23N3O4. The number of hydrogen-bond acceptors (Lipinski definition) is 4. The van der Waals surface area contributed by atoms with Crippen LogP contribution in [0, 0.1) is 0 Å². The molecule has 4 aromatic rings. The van der Waals surface area contributed by atoms with Crippen LogP contribution < -0.4 is 10.4 Å². The normalized spacial score (nSPS) is 11.5. The van der Waals surface area contributed by atoms with Gasteiger partial charge in [-0.05, 0) is 42.0 Å². The zero-order chi connectivity index (χ0) is 22.5. The third-order valence-electron chi connectivity index (χ3n) is 5.21. The van der Waals surface area contributed by atoms with Crippen molar-refractivity contribution in [2.45, 2.75) is 13.1 Å². The van der Waals surface area contributed by atoms with E-state index in [4.69, 9.17) is 9.47 Å². The molecule has 1 aromatic heterocycles. The summed E-state index contributed by atoms with van der Waals surface area (Å²) in [6.45, 7) is 0.505. The number of aromatic nitrogens is 2. The Morgan fingerprint density at radius 1 is 0.812 bits per heavy atom. The van der Waals surface area contributed by atoms with Crippen molar-refractivity contribution in [3.05, 3.63) is 95.6 Å². The molecule has 1 heterocycles. The van der Waals surface area contributed by atoms with Crippen LogP contribution in [0.3, 0.4) is 0 Å². The number of imidazole rings is 1. The second-order valence-corrected chi connectivity index (χ2v) is 7.18. The molecule has 7 heteroatoms. The summed E-state index contributed by atoms with van der Waals surface area (Å²) >= 11 is 0. The lowest BCUT2D eigenvalue weighted by molar-refractivity contribution is 0.0971. The first-order chi connectivity index (χ1) is 15.6. The van der Waals surface area contributed by atoms with Crippen LogP contribution in [0.25, 0.3) is 11.0 Å². The first kappa shape index (κ1) is 21.1. The van der Waals surface area contributed by atoms with Gasteiger partial charge in [0.05, 0.1) is 38.3 Å². The van der Waals surface area contributed by atoms with Crippen LogP contribution in [0.15, 0.2) is 83.9 Å². The van der Waals surface area contributed by atoms with E-state index in [1.807, 2.05) is 59.2 Å². The van der Waals surface area contributed by atoms with E-state index < -0.39 is 6.09 Å². The van der Waals surface area contributed by atoms with Gasteiger partial charge in [0, 0.05) is 5.56 Å². The number of carbonyl (C=O) groups is 2. The fourth-order valence-electron chi connectivity index (χ4n) is 3.62. The largest absolute Gasteiger partial charge is 0.497 e. The van der Waals surface area contributed by atoms with Gasteiger partial charge in [-0.25, -0.2) is 4.79 Å². The molecule has 0 fully saturated rings. The number of ether oxygens (including phenoxy) is 2. The lowest BCUT2D eigenvalue weighted by Crippen LogP contribution is -2.30.